The molecule has 0 unspecified atom stereocenters. The average molecular weight is 424 g/mol. The van der Waals surface area contributed by atoms with E-state index in [0.717, 1.165) is 31.8 Å². The zero-order valence-corrected chi connectivity index (χ0v) is 16.5. The van der Waals surface area contributed by atoms with Crippen LogP contribution in [0.5, 0.6) is 5.88 Å². The Hall–Kier alpha value is -2.66. The van der Waals surface area contributed by atoms with E-state index in [9.17, 15) is 13.2 Å². The predicted molar refractivity (Wildman–Crippen MR) is 104 cm³/mol. The normalized spacial score (nSPS) is 20.5. The van der Waals surface area contributed by atoms with E-state index in [0.29, 0.717) is 32.3 Å². The van der Waals surface area contributed by atoms with Crippen LogP contribution in [0.4, 0.5) is 24.9 Å². The summed E-state index contributed by atoms with van der Waals surface area (Å²) in [6.07, 6.45) is -2.77. The lowest BCUT2D eigenvalue weighted by Crippen LogP contribution is -2.37. The summed E-state index contributed by atoms with van der Waals surface area (Å²) < 4.78 is 52.3. The second-order valence-corrected chi connectivity index (χ2v) is 7.43. The number of pyridine rings is 1. The fourth-order valence-electron chi connectivity index (χ4n) is 3.59. The Morgan fingerprint density at radius 3 is 2.60 bits per heavy atom. The molecule has 2 aromatic rings. The van der Waals surface area contributed by atoms with E-state index in [1.165, 1.54) is 6.07 Å². The Morgan fingerprint density at radius 1 is 1.17 bits per heavy atom. The highest BCUT2D eigenvalue weighted by Gasteiger charge is 2.35. The van der Waals surface area contributed by atoms with Crippen LogP contribution >= 0.6 is 0 Å². The Labute approximate surface area is 171 Å². The number of likely N-dealkylation sites (tertiary alicyclic amines) is 1. The maximum Gasteiger partial charge on any atom is 0.417 e. The molecule has 2 fully saturated rings. The van der Waals surface area contributed by atoms with Crippen LogP contribution in [0, 0.1) is 0 Å². The van der Waals surface area contributed by atoms with Gasteiger partial charge in [0.2, 0.25) is 11.8 Å². The van der Waals surface area contributed by atoms with Crippen molar-refractivity contribution in [2.45, 2.75) is 18.7 Å². The van der Waals surface area contributed by atoms with Crippen molar-refractivity contribution in [3.8, 4) is 17.1 Å². The number of anilines is 2. The summed E-state index contributed by atoms with van der Waals surface area (Å²) in [7, 11) is 1.99. The number of hydrogen-bond donors (Lipinski definition) is 1. The highest BCUT2D eigenvalue weighted by molar-refractivity contribution is 5.67. The quantitative estimate of drug-likeness (QED) is 0.798. The lowest BCUT2D eigenvalue weighted by molar-refractivity contribution is -0.137. The molecule has 2 aliphatic heterocycles. The molecule has 0 aliphatic carbocycles. The van der Waals surface area contributed by atoms with Gasteiger partial charge in [-0.3, -0.25) is 0 Å². The van der Waals surface area contributed by atoms with Crippen molar-refractivity contribution in [3.63, 3.8) is 0 Å². The van der Waals surface area contributed by atoms with Crippen LogP contribution < -0.4 is 15.4 Å². The van der Waals surface area contributed by atoms with Crippen LogP contribution in [0.2, 0.25) is 0 Å². The van der Waals surface area contributed by atoms with E-state index in [2.05, 4.69) is 19.9 Å². The van der Waals surface area contributed by atoms with E-state index < -0.39 is 11.7 Å². The molecule has 1 atom stereocenters. The lowest BCUT2D eigenvalue weighted by atomic mass is 10.1. The van der Waals surface area contributed by atoms with E-state index >= 15 is 0 Å². The monoisotopic (exact) mass is 424 g/mol. The van der Waals surface area contributed by atoms with Gasteiger partial charge in [0.1, 0.15) is 11.9 Å². The van der Waals surface area contributed by atoms with Crippen molar-refractivity contribution in [2.24, 2.45) is 0 Å². The zero-order chi connectivity index (χ0) is 21.3. The molecule has 2 saturated heterocycles. The Bertz CT molecular complexity index is 904. The first-order valence-corrected chi connectivity index (χ1v) is 9.69. The van der Waals surface area contributed by atoms with E-state index in [4.69, 9.17) is 15.2 Å². The SMILES string of the molecule is CN1CC[C@@H](Oc2cc(-c3cnc(N)cc3C(F)(F)F)nc(N3CCOCC3)n2)C1. The number of nitrogens with zero attached hydrogens (tertiary/aromatic N) is 5. The van der Waals surface area contributed by atoms with Gasteiger partial charge >= 0.3 is 6.18 Å². The van der Waals surface area contributed by atoms with Crippen LogP contribution in [0.15, 0.2) is 18.3 Å². The van der Waals surface area contributed by atoms with Gasteiger partial charge in [-0.1, -0.05) is 0 Å². The Morgan fingerprint density at radius 2 is 1.93 bits per heavy atom. The van der Waals surface area contributed by atoms with Gasteiger partial charge in [-0.05, 0) is 19.5 Å². The number of halogens is 3. The molecule has 2 N–H and O–H groups in total. The third kappa shape index (κ3) is 4.57. The predicted octanol–water partition coefficient (Wildman–Crippen LogP) is 2.06. The molecular weight excluding hydrogens is 401 g/mol. The number of nitrogens with two attached hydrogens (primary N) is 1. The van der Waals surface area contributed by atoms with Crippen LogP contribution in [0.3, 0.4) is 0 Å². The summed E-state index contributed by atoms with van der Waals surface area (Å²) in [6.45, 7) is 3.69. The maximum atomic E-state index is 13.6. The van der Waals surface area contributed by atoms with Gasteiger partial charge in [-0.15, -0.1) is 0 Å². The van der Waals surface area contributed by atoms with Gasteiger partial charge < -0.3 is 25.0 Å². The first-order valence-electron chi connectivity index (χ1n) is 9.69. The second-order valence-electron chi connectivity index (χ2n) is 7.43. The molecular formula is C19H23F3N6O2. The molecule has 0 amide bonds. The molecule has 162 valence electrons. The number of nitrogen functional groups attached to an aromatic ring is 1. The minimum absolute atomic E-state index is 0.0816. The maximum absolute atomic E-state index is 13.6. The van der Waals surface area contributed by atoms with Crippen molar-refractivity contribution >= 4 is 11.8 Å². The molecule has 2 aliphatic rings. The standard InChI is InChI=1S/C19H23F3N6O2/c1-27-3-2-12(11-27)30-17-9-15(25-18(26-17)28-4-6-29-7-5-28)13-10-24-16(23)8-14(13)19(20,21)22/h8-10,12H,2-7,11H2,1H3,(H2,23,24)/t12-/m1/s1. The Balaban J connectivity index is 1.76. The van der Waals surface area contributed by atoms with Crippen molar-refractivity contribution in [1.29, 1.82) is 0 Å². The highest BCUT2D eigenvalue weighted by atomic mass is 19.4. The van der Waals surface area contributed by atoms with Gasteiger partial charge in [0.25, 0.3) is 0 Å². The lowest BCUT2D eigenvalue weighted by Gasteiger charge is -2.27. The average Bonchev–Trinajstić information content (AvgIpc) is 3.12. The second kappa shape index (κ2) is 8.23. The molecule has 11 heteroatoms. The van der Waals surface area contributed by atoms with Gasteiger partial charge in [-0.2, -0.15) is 18.2 Å². The van der Waals surface area contributed by atoms with Gasteiger partial charge in [0.15, 0.2) is 0 Å². The summed E-state index contributed by atoms with van der Waals surface area (Å²) in [5, 5.41) is 0. The van der Waals surface area contributed by atoms with Crippen molar-refractivity contribution < 1.29 is 22.6 Å². The molecule has 4 rings (SSSR count). The van der Waals surface area contributed by atoms with Crippen LogP contribution in [-0.4, -0.2) is 72.4 Å². The number of likely N-dealkylation sites (N-methyl/N-ethyl adjacent to an activating group) is 1. The zero-order valence-electron chi connectivity index (χ0n) is 16.5. The largest absolute Gasteiger partial charge is 0.473 e. The van der Waals surface area contributed by atoms with Crippen molar-refractivity contribution in [3.05, 3.63) is 23.9 Å². The topological polar surface area (TPSA) is 89.6 Å². The molecule has 4 heterocycles. The fraction of sp³-hybridized carbons (Fsp3) is 0.526. The smallest absolute Gasteiger partial charge is 0.417 e. The molecule has 30 heavy (non-hydrogen) atoms. The molecule has 0 bridgehead atoms. The third-order valence-corrected chi connectivity index (χ3v) is 5.13. The first kappa shape index (κ1) is 20.6. The number of aromatic nitrogens is 3. The summed E-state index contributed by atoms with van der Waals surface area (Å²) >= 11 is 0. The summed E-state index contributed by atoms with van der Waals surface area (Å²) in [4.78, 5) is 16.7. The fourth-order valence-corrected chi connectivity index (χ4v) is 3.59. The number of hydrogen-bond acceptors (Lipinski definition) is 8. The molecule has 8 nitrogen and oxygen atoms in total. The summed E-state index contributed by atoms with van der Waals surface area (Å²) in [5.74, 6) is 0.341. The van der Waals surface area contributed by atoms with Crippen LogP contribution in [-0.2, 0) is 10.9 Å². The number of alkyl halides is 3. The number of ether oxygens (including phenoxy) is 2. The Kier molecular flexibility index (Phi) is 5.65. The molecule has 2 aromatic heterocycles. The number of rotatable bonds is 4. The molecule has 0 saturated carbocycles. The molecule has 0 spiro atoms. The van der Waals surface area contributed by atoms with E-state index in [1.54, 1.807) is 0 Å². The van der Waals surface area contributed by atoms with E-state index in [1.807, 2.05) is 11.9 Å². The van der Waals surface area contributed by atoms with Gasteiger partial charge in [0, 0.05) is 44.0 Å². The van der Waals surface area contributed by atoms with E-state index in [-0.39, 0.29) is 29.1 Å². The summed E-state index contributed by atoms with van der Waals surface area (Å²) in [6, 6.07) is 2.25. The minimum Gasteiger partial charge on any atom is -0.473 e. The first-order chi connectivity index (χ1) is 14.3. The molecule has 0 radical (unpaired) electrons. The highest BCUT2D eigenvalue weighted by Crippen LogP contribution is 2.38. The minimum atomic E-state index is -4.61. The van der Waals surface area contributed by atoms with Crippen molar-refractivity contribution in [2.75, 3.05) is 57.1 Å². The summed E-state index contributed by atoms with van der Waals surface area (Å²) in [5.41, 5.74) is 4.54. The molecule has 0 aromatic carbocycles. The van der Waals surface area contributed by atoms with Crippen LogP contribution in [0.1, 0.15) is 12.0 Å². The third-order valence-electron chi connectivity index (χ3n) is 5.13. The van der Waals surface area contributed by atoms with Crippen molar-refractivity contribution in [1.82, 2.24) is 19.9 Å². The van der Waals surface area contributed by atoms with Gasteiger partial charge in [0.05, 0.1) is 24.5 Å². The van der Waals surface area contributed by atoms with Crippen LogP contribution in [0.25, 0.3) is 11.3 Å². The number of morpholine rings is 1. The van der Waals surface area contributed by atoms with Gasteiger partial charge in [-0.25, -0.2) is 9.97 Å².